The lowest BCUT2D eigenvalue weighted by Gasteiger charge is -2.20. The van der Waals surface area contributed by atoms with E-state index in [2.05, 4.69) is 5.32 Å². The molecule has 1 aliphatic heterocycles. The molecule has 0 aliphatic carbocycles. The van der Waals surface area contributed by atoms with E-state index in [-0.39, 0.29) is 10.8 Å². The van der Waals surface area contributed by atoms with Gasteiger partial charge < -0.3 is 14.8 Å². The van der Waals surface area contributed by atoms with Crippen molar-refractivity contribution < 1.29 is 22.7 Å². The molecule has 0 saturated carbocycles. The molecule has 1 amide bonds. The molecule has 3 aromatic carbocycles. The minimum Gasteiger partial charge on any atom is -0.495 e. The number of benzene rings is 3. The van der Waals surface area contributed by atoms with Crippen LogP contribution in [0.3, 0.4) is 0 Å². The van der Waals surface area contributed by atoms with Crippen LogP contribution in [0.1, 0.15) is 26.2 Å². The summed E-state index contributed by atoms with van der Waals surface area (Å²) in [4.78, 5) is 13.2. The Morgan fingerprint density at radius 1 is 1.03 bits per heavy atom. The van der Waals surface area contributed by atoms with Crippen LogP contribution in [0.25, 0.3) is 10.8 Å². The molecule has 8 heteroatoms. The summed E-state index contributed by atoms with van der Waals surface area (Å²) in [6.07, 6.45) is 1.37. The number of rotatable bonds is 8. The van der Waals surface area contributed by atoms with Gasteiger partial charge in [0.1, 0.15) is 11.5 Å². The summed E-state index contributed by atoms with van der Waals surface area (Å²) in [5.74, 6) is 0.621. The van der Waals surface area contributed by atoms with Crippen LogP contribution >= 0.6 is 0 Å². The Balaban J connectivity index is 1.58. The number of hydrogen-bond donors (Lipinski definition) is 1. The predicted octanol–water partition coefficient (Wildman–Crippen LogP) is 4.43. The maximum absolute atomic E-state index is 13.1. The topological polar surface area (TPSA) is 84.9 Å². The highest BCUT2D eigenvalue weighted by molar-refractivity contribution is 7.89. The van der Waals surface area contributed by atoms with E-state index in [1.54, 1.807) is 6.07 Å². The van der Waals surface area contributed by atoms with E-state index in [0.29, 0.717) is 36.7 Å². The number of nitrogens with one attached hydrogen (secondary N) is 1. The smallest absolute Gasteiger partial charge is 0.265 e. The Hall–Kier alpha value is -3.10. The van der Waals surface area contributed by atoms with Gasteiger partial charge in [-0.25, -0.2) is 8.42 Å². The molecular formula is C25H28N2O5S. The molecule has 33 heavy (non-hydrogen) atoms. The molecule has 1 N–H and O–H groups in total. The summed E-state index contributed by atoms with van der Waals surface area (Å²) < 4.78 is 38.9. The number of ether oxygens (including phenoxy) is 2. The molecule has 3 aromatic rings. The molecule has 0 spiro atoms. The van der Waals surface area contributed by atoms with E-state index in [1.165, 1.54) is 23.5 Å². The predicted molar refractivity (Wildman–Crippen MR) is 128 cm³/mol. The third-order valence-electron chi connectivity index (χ3n) is 5.81. The number of carbonyl (C=O) groups excluding carboxylic acids is 1. The second-order valence-electron chi connectivity index (χ2n) is 7.95. The summed E-state index contributed by atoms with van der Waals surface area (Å²) in [6, 6.07) is 18.0. The number of fused-ring (bicyclic) bond motifs is 1. The molecule has 1 saturated heterocycles. The number of hydrogen-bond acceptors (Lipinski definition) is 5. The largest absolute Gasteiger partial charge is 0.495 e. The first-order valence-electron chi connectivity index (χ1n) is 11.1. The summed E-state index contributed by atoms with van der Waals surface area (Å²) in [6.45, 7) is 2.88. The average Bonchev–Trinajstić information content (AvgIpc) is 3.38. The molecule has 1 fully saturated rings. The zero-order valence-corrected chi connectivity index (χ0v) is 19.6. The molecule has 1 atom stereocenters. The molecule has 0 radical (unpaired) electrons. The van der Waals surface area contributed by atoms with Gasteiger partial charge >= 0.3 is 0 Å². The number of anilines is 1. The molecule has 0 bridgehead atoms. The summed E-state index contributed by atoms with van der Waals surface area (Å²) in [7, 11) is -2.15. The fraction of sp³-hybridized carbons (Fsp3) is 0.320. The second kappa shape index (κ2) is 9.80. The fourth-order valence-corrected chi connectivity index (χ4v) is 5.55. The van der Waals surface area contributed by atoms with Gasteiger partial charge in [-0.15, -0.1) is 0 Å². The van der Waals surface area contributed by atoms with Gasteiger partial charge in [0.25, 0.3) is 5.91 Å². The van der Waals surface area contributed by atoms with E-state index in [4.69, 9.17) is 9.47 Å². The highest BCUT2D eigenvalue weighted by Crippen LogP contribution is 2.31. The third kappa shape index (κ3) is 4.82. The zero-order chi connectivity index (χ0) is 23.4. The maximum atomic E-state index is 13.1. The zero-order valence-electron chi connectivity index (χ0n) is 18.8. The Morgan fingerprint density at radius 2 is 1.76 bits per heavy atom. The Kier molecular flexibility index (Phi) is 6.85. The van der Waals surface area contributed by atoms with Crippen molar-refractivity contribution in [2.75, 3.05) is 25.5 Å². The number of sulfonamides is 1. The fourth-order valence-electron chi connectivity index (χ4n) is 4.01. The first-order valence-corrected chi connectivity index (χ1v) is 12.5. The number of nitrogens with zero attached hydrogens (tertiary/aromatic N) is 1. The summed E-state index contributed by atoms with van der Waals surface area (Å²) >= 11 is 0. The summed E-state index contributed by atoms with van der Waals surface area (Å²) in [5, 5.41) is 4.75. The van der Waals surface area contributed by atoms with Crippen molar-refractivity contribution in [1.29, 1.82) is 0 Å². The normalized spacial score (nSPS) is 15.3. The van der Waals surface area contributed by atoms with Gasteiger partial charge in [-0.1, -0.05) is 43.3 Å². The minimum atomic E-state index is -3.63. The van der Waals surface area contributed by atoms with E-state index in [1.807, 2.05) is 49.4 Å². The number of carbonyl (C=O) groups is 1. The molecule has 1 heterocycles. The Bertz CT molecular complexity index is 1250. The van der Waals surface area contributed by atoms with Crippen molar-refractivity contribution in [2.24, 2.45) is 0 Å². The SMILES string of the molecule is CCC(Oc1cccc2ccccc12)C(=O)Nc1cc(S(=O)(=O)N2CCCC2)ccc1OC. The standard InChI is InChI=1S/C25H28N2O5S/c1-3-22(32-23-12-8-10-18-9-4-5-11-20(18)23)25(28)26-21-17-19(13-14-24(21)31-2)33(29,30)27-15-6-7-16-27/h4-5,8-14,17,22H,3,6-7,15-16H2,1-2H3,(H,26,28). The lowest BCUT2D eigenvalue weighted by Crippen LogP contribution is -2.33. The van der Waals surface area contributed by atoms with Crippen LogP contribution in [0.2, 0.25) is 0 Å². The molecule has 174 valence electrons. The van der Waals surface area contributed by atoms with Crippen molar-refractivity contribution in [3.05, 3.63) is 60.7 Å². The maximum Gasteiger partial charge on any atom is 0.265 e. The Labute approximate surface area is 194 Å². The first kappa shape index (κ1) is 23.1. The van der Waals surface area contributed by atoms with E-state index in [9.17, 15) is 13.2 Å². The molecule has 1 unspecified atom stereocenters. The van der Waals surface area contributed by atoms with Crippen LogP contribution < -0.4 is 14.8 Å². The lowest BCUT2D eigenvalue weighted by atomic mass is 10.1. The third-order valence-corrected chi connectivity index (χ3v) is 7.71. The van der Waals surface area contributed by atoms with Crippen LogP contribution in [-0.2, 0) is 14.8 Å². The van der Waals surface area contributed by atoms with Gasteiger partial charge in [0, 0.05) is 18.5 Å². The molecule has 0 aromatic heterocycles. The second-order valence-corrected chi connectivity index (χ2v) is 9.89. The van der Waals surface area contributed by atoms with Crippen LogP contribution in [0.15, 0.2) is 65.6 Å². The highest BCUT2D eigenvalue weighted by atomic mass is 32.2. The minimum absolute atomic E-state index is 0.128. The molecular weight excluding hydrogens is 440 g/mol. The van der Waals surface area contributed by atoms with Crippen molar-refractivity contribution in [3.8, 4) is 11.5 Å². The van der Waals surface area contributed by atoms with Crippen LogP contribution in [-0.4, -0.2) is 44.9 Å². The van der Waals surface area contributed by atoms with Gasteiger partial charge in [-0.3, -0.25) is 4.79 Å². The van der Waals surface area contributed by atoms with Gasteiger partial charge in [0.2, 0.25) is 10.0 Å². The van der Waals surface area contributed by atoms with Crippen molar-refractivity contribution in [3.63, 3.8) is 0 Å². The van der Waals surface area contributed by atoms with Gasteiger partial charge in [0.15, 0.2) is 6.10 Å². The van der Waals surface area contributed by atoms with Crippen LogP contribution in [0.5, 0.6) is 11.5 Å². The van der Waals surface area contributed by atoms with E-state index < -0.39 is 16.1 Å². The number of amides is 1. The van der Waals surface area contributed by atoms with Gasteiger partial charge in [-0.05, 0) is 48.9 Å². The van der Waals surface area contributed by atoms with Crippen LogP contribution in [0.4, 0.5) is 5.69 Å². The van der Waals surface area contributed by atoms with E-state index >= 15 is 0 Å². The monoisotopic (exact) mass is 468 g/mol. The van der Waals surface area contributed by atoms with Crippen molar-refractivity contribution >= 4 is 32.4 Å². The summed E-state index contributed by atoms with van der Waals surface area (Å²) in [5.41, 5.74) is 0.294. The average molecular weight is 469 g/mol. The Morgan fingerprint density at radius 3 is 2.48 bits per heavy atom. The molecule has 4 rings (SSSR count). The van der Waals surface area contributed by atoms with Gasteiger partial charge in [0.05, 0.1) is 17.7 Å². The molecule has 7 nitrogen and oxygen atoms in total. The quantitative estimate of drug-likeness (QED) is 0.529. The van der Waals surface area contributed by atoms with Crippen LogP contribution in [0, 0.1) is 0 Å². The lowest BCUT2D eigenvalue weighted by molar-refractivity contribution is -0.122. The number of methoxy groups -OCH3 is 1. The van der Waals surface area contributed by atoms with Gasteiger partial charge in [-0.2, -0.15) is 4.31 Å². The first-order chi connectivity index (χ1) is 15.9. The highest BCUT2D eigenvalue weighted by Gasteiger charge is 2.28. The van der Waals surface area contributed by atoms with Crippen molar-refractivity contribution in [1.82, 2.24) is 4.31 Å². The van der Waals surface area contributed by atoms with Crippen molar-refractivity contribution in [2.45, 2.75) is 37.2 Å². The van der Waals surface area contributed by atoms with E-state index in [0.717, 1.165) is 23.6 Å². The molecule has 1 aliphatic rings.